The van der Waals surface area contributed by atoms with Gasteiger partial charge in [0, 0.05) is 11.8 Å². The molecule has 0 amide bonds. The number of rotatable bonds is 3. The van der Waals surface area contributed by atoms with Crippen LogP contribution in [0.4, 0.5) is 5.82 Å². The molecule has 0 saturated carbocycles. The van der Waals surface area contributed by atoms with E-state index in [0.29, 0.717) is 23.4 Å². The molecule has 9 heteroatoms. The number of aliphatic imine (C=N–C) groups is 1. The largest absolute Gasteiger partial charge is 0.394 e. The minimum atomic E-state index is -1.21. The summed E-state index contributed by atoms with van der Waals surface area (Å²) in [6.45, 7) is 0.191. The fourth-order valence-electron chi connectivity index (χ4n) is 3.15. The molecule has 2 aliphatic rings. The number of nitrogens with zero attached hydrogens (tertiary/aromatic N) is 4. The van der Waals surface area contributed by atoms with E-state index in [1.807, 2.05) is 12.2 Å². The average molecular weight is 331 g/mol. The average Bonchev–Trinajstić information content (AvgIpc) is 3.28. The third-order valence-corrected chi connectivity index (χ3v) is 4.35. The molecule has 0 spiro atoms. The van der Waals surface area contributed by atoms with Crippen molar-refractivity contribution in [1.82, 2.24) is 14.5 Å². The predicted molar refractivity (Wildman–Crippen MR) is 85.5 cm³/mol. The van der Waals surface area contributed by atoms with Crippen molar-refractivity contribution in [1.29, 1.82) is 0 Å². The van der Waals surface area contributed by atoms with E-state index in [1.54, 1.807) is 10.8 Å². The number of hydrogen-bond acceptors (Lipinski definition) is 8. The van der Waals surface area contributed by atoms with Crippen LogP contribution in [0, 0.1) is 0 Å². The van der Waals surface area contributed by atoms with E-state index in [-0.39, 0.29) is 0 Å². The SMILES string of the molecule is Nc1ncnc2c1c(C1=NCC=C1)cn2[C@@H]1O[C@H](CO)C(O)[C@@H]1O. The predicted octanol–water partition coefficient (Wildman–Crippen LogP) is -1.02. The molecule has 4 rings (SSSR count). The van der Waals surface area contributed by atoms with Crippen LogP contribution in [0.3, 0.4) is 0 Å². The summed E-state index contributed by atoms with van der Waals surface area (Å²) in [6.07, 6.45) is 2.69. The van der Waals surface area contributed by atoms with Gasteiger partial charge in [-0.2, -0.15) is 0 Å². The summed E-state index contributed by atoms with van der Waals surface area (Å²) in [7, 11) is 0. The monoisotopic (exact) mass is 331 g/mol. The van der Waals surface area contributed by atoms with Gasteiger partial charge in [0.25, 0.3) is 0 Å². The van der Waals surface area contributed by atoms with Crippen molar-refractivity contribution in [3.05, 3.63) is 30.2 Å². The van der Waals surface area contributed by atoms with Gasteiger partial charge in [-0.15, -0.1) is 0 Å². The van der Waals surface area contributed by atoms with Gasteiger partial charge >= 0.3 is 0 Å². The Morgan fingerprint density at radius 2 is 2.12 bits per heavy atom. The van der Waals surface area contributed by atoms with Crippen molar-refractivity contribution in [2.24, 2.45) is 4.99 Å². The zero-order chi connectivity index (χ0) is 16.8. The molecular weight excluding hydrogens is 314 g/mol. The number of hydrogen-bond donors (Lipinski definition) is 4. The van der Waals surface area contributed by atoms with E-state index in [2.05, 4.69) is 15.0 Å². The van der Waals surface area contributed by atoms with Gasteiger partial charge in [0.05, 0.1) is 24.2 Å². The number of ether oxygens (including phenoxy) is 1. The first-order valence-corrected chi connectivity index (χ1v) is 7.56. The van der Waals surface area contributed by atoms with Crippen molar-refractivity contribution in [3.8, 4) is 0 Å². The Kier molecular flexibility index (Phi) is 3.57. The number of aliphatic hydroxyl groups is 3. The first-order valence-electron chi connectivity index (χ1n) is 7.56. The molecule has 1 fully saturated rings. The van der Waals surface area contributed by atoms with E-state index in [4.69, 9.17) is 10.5 Å². The number of allylic oxidation sites excluding steroid dienone is 1. The molecule has 4 heterocycles. The molecule has 1 unspecified atom stereocenters. The number of fused-ring (bicyclic) bond motifs is 1. The van der Waals surface area contributed by atoms with Crippen LogP contribution in [0.1, 0.15) is 11.8 Å². The molecule has 2 aromatic heterocycles. The normalized spacial score (nSPS) is 29.5. The summed E-state index contributed by atoms with van der Waals surface area (Å²) in [4.78, 5) is 12.7. The Labute approximate surface area is 136 Å². The third-order valence-electron chi connectivity index (χ3n) is 4.35. The number of aliphatic hydroxyl groups excluding tert-OH is 3. The number of nitrogens with two attached hydrogens (primary N) is 1. The van der Waals surface area contributed by atoms with E-state index in [9.17, 15) is 15.3 Å². The van der Waals surface area contributed by atoms with E-state index in [1.165, 1.54) is 6.33 Å². The molecule has 2 aromatic rings. The summed E-state index contributed by atoms with van der Waals surface area (Å²) in [5.41, 5.74) is 7.96. The number of anilines is 1. The van der Waals surface area contributed by atoms with Crippen LogP contribution in [0.5, 0.6) is 0 Å². The molecule has 5 N–H and O–H groups in total. The molecule has 4 atom stereocenters. The standard InChI is InChI=1S/C15H17N5O4/c16-13-10-7(8-2-1-3-17-8)4-20(14(10)19-6-18-13)15-12(23)11(22)9(5-21)24-15/h1-2,4,6,9,11-12,15,21-23H,3,5H2,(H2,16,18,19)/t9-,11?,12+,15-/m1/s1. The lowest BCUT2D eigenvalue weighted by molar-refractivity contribution is -0.0508. The molecule has 0 aromatic carbocycles. The highest BCUT2D eigenvalue weighted by Crippen LogP contribution is 2.35. The van der Waals surface area contributed by atoms with Gasteiger partial charge in [0.15, 0.2) is 6.23 Å². The summed E-state index contributed by atoms with van der Waals surface area (Å²) in [6, 6.07) is 0. The van der Waals surface area contributed by atoms with Gasteiger partial charge in [-0.25, -0.2) is 9.97 Å². The zero-order valence-electron chi connectivity index (χ0n) is 12.6. The minimum absolute atomic E-state index is 0.295. The van der Waals surface area contributed by atoms with E-state index < -0.39 is 31.1 Å². The van der Waals surface area contributed by atoms with Crippen LogP contribution in [0.2, 0.25) is 0 Å². The Morgan fingerprint density at radius 1 is 1.29 bits per heavy atom. The highest BCUT2D eigenvalue weighted by Gasteiger charge is 2.44. The second kappa shape index (κ2) is 5.64. The summed E-state index contributed by atoms with van der Waals surface area (Å²) in [5, 5.41) is 30.2. The molecule has 1 saturated heterocycles. The lowest BCUT2D eigenvalue weighted by atomic mass is 10.1. The van der Waals surface area contributed by atoms with Crippen LogP contribution in [0.15, 0.2) is 29.7 Å². The highest BCUT2D eigenvalue weighted by atomic mass is 16.6. The minimum Gasteiger partial charge on any atom is -0.394 e. The number of aromatic nitrogens is 3. The van der Waals surface area contributed by atoms with Crippen molar-refractivity contribution in [2.75, 3.05) is 18.9 Å². The summed E-state index contributed by atoms with van der Waals surface area (Å²) < 4.78 is 7.20. The van der Waals surface area contributed by atoms with Gasteiger partial charge in [0.1, 0.15) is 36.1 Å². The quantitative estimate of drug-likeness (QED) is 0.565. The van der Waals surface area contributed by atoms with E-state index >= 15 is 0 Å². The van der Waals surface area contributed by atoms with Gasteiger partial charge < -0.3 is 30.4 Å². The highest BCUT2D eigenvalue weighted by molar-refractivity contribution is 6.18. The van der Waals surface area contributed by atoms with Crippen molar-refractivity contribution < 1.29 is 20.1 Å². The van der Waals surface area contributed by atoms with Crippen LogP contribution in [0.25, 0.3) is 11.0 Å². The molecule has 0 aliphatic carbocycles. The zero-order valence-corrected chi connectivity index (χ0v) is 12.6. The third kappa shape index (κ3) is 2.13. The van der Waals surface area contributed by atoms with Crippen molar-refractivity contribution in [2.45, 2.75) is 24.5 Å². The first kappa shape index (κ1) is 15.2. The van der Waals surface area contributed by atoms with Gasteiger partial charge in [-0.3, -0.25) is 4.99 Å². The number of nitrogen functional groups attached to an aromatic ring is 1. The van der Waals surface area contributed by atoms with Crippen molar-refractivity contribution in [3.63, 3.8) is 0 Å². The van der Waals surface area contributed by atoms with Gasteiger partial charge in [-0.1, -0.05) is 6.08 Å². The van der Waals surface area contributed by atoms with Crippen LogP contribution >= 0.6 is 0 Å². The molecular formula is C15H17N5O4. The lowest BCUT2D eigenvalue weighted by Gasteiger charge is -2.17. The maximum Gasteiger partial charge on any atom is 0.164 e. The summed E-state index contributed by atoms with van der Waals surface area (Å²) >= 11 is 0. The molecule has 24 heavy (non-hydrogen) atoms. The van der Waals surface area contributed by atoms with Crippen LogP contribution < -0.4 is 5.73 Å². The second-order valence-electron chi connectivity index (χ2n) is 5.76. The maximum atomic E-state index is 10.3. The maximum absolute atomic E-state index is 10.3. The van der Waals surface area contributed by atoms with Gasteiger partial charge in [-0.05, 0) is 6.08 Å². The van der Waals surface area contributed by atoms with Crippen LogP contribution in [-0.2, 0) is 4.74 Å². The Balaban J connectivity index is 1.88. The fourth-order valence-corrected chi connectivity index (χ4v) is 3.15. The first-order chi connectivity index (χ1) is 11.6. The van der Waals surface area contributed by atoms with E-state index in [0.717, 1.165) is 11.3 Å². The van der Waals surface area contributed by atoms with Gasteiger partial charge in [0.2, 0.25) is 0 Å². The Morgan fingerprint density at radius 3 is 2.79 bits per heavy atom. The van der Waals surface area contributed by atoms with Crippen molar-refractivity contribution >= 4 is 22.6 Å². The second-order valence-corrected chi connectivity index (χ2v) is 5.76. The smallest absolute Gasteiger partial charge is 0.164 e. The Hall–Kier alpha value is -2.33. The topological polar surface area (TPSA) is 139 Å². The van der Waals surface area contributed by atoms with Crippen LogP contribution in [-0.4, -0.2) is 67.0 Å². The summed E-state index contributed by atoms with van der Waals surface area (Å²) in [5.74, 6) is 0.295. The molecule has 9 nitrogen and oxygen atoms in total. The fraction of sp³-hybridized carbons (Fsp3) is 0.400. The Bertz CT molecular complexity index is 846. The molecule has 2 aliphatic heterocycles. The lowest BCUT2D eigenvalue weighted by Crippen LogP contribution is -2.33. The molecule has 0 bridgehead atoms. The molecule has 0 radical (unpaired) electrons. The molecule has 126 valence electrons.